The maximum absolute atomic E-state index is 13.2. The van der Waals surface area contributed by atoms with Gasteiger partial charge in [-0.2, -0.15) is 8.78 Å². The first-order valence-electron chi connectivity index (χ1n) is 5.88. The van der Waals surface area contributed by atoms with Gasteiger partial charge in [0.1, 0.15) is 11.3 Å². The van der Waals surface area contributed by atoms with Crippen LogP contribution in [0.3, 0.4) is 0 Å². The first-order chi connectivity index (χ1) is 8.82. The van der Waals surface area contributed by atoms with Gasteiger partial charge in [0.2, 0.25) is 0 Å². The van der Waals surface area contributed by atoms with Gasteiger partial charge < -0.3 is 9.14 Å². The average molecular weight is 268 g/mol. The summed E-state index contributed by atoms with van der Waals surface area (Å²) >= 11 is 0. The van der Waals surface area contributed by atoms with E-state index in [4.69, 9.17) is 4.74 Å². The molecule has 2 heterocycles. The largest absolute Gasteiger partial charge is 0.462 e. The van der Waals surface area contributed by atoms with Crippen LogP contribution in [0.5, 0.6) is 0 Å². The Hall–Kier alpha value is -1.98. The molecule has 0 fully saturated rings. The minimum absolute atomic E-state index is 0.260. The molecule has 0 N–H and O–H groups in total. The second-order valence-corrected chi connectivity index (χ2v) is 4.35. The summed E-state index contributed by atoms with van der Waals surface area (Å²) in [6, 6.07) is 3.03. The number of rotatable bonds is 3. The van der Waals surface area contributed by atoms with E-state index in [1.807, 2.05) is 0 Å². The number of pyridine rings is 1. The summed E-state index contributed by atoms with van der Waals surface area (Å²) in [7, 11) is 0. The molecule has 0 unspecified atom stereocenters. The zero-order valence-electron chi connectivity index (χ0n) is 10.9. The first kappa shape index (κ1) is 13.5. The van der Waals surface area contributed by atoms with Crippen LogP contribution in [0.25, 0.3) is 5.65 Å². The van der Waals surface area contributed by atoms with Crippen LogP contribution in [-0.4, -0.2) is 22.0 Å². The van der Waals surface area contributed by atoms with Crippen LogP contribution in [0.15, 0.2) is 18.3 Å². The van der Waals surface area contributed by atoms with E-state index in [2.05, 4.69) is 4.98 Å². The van der Waals surface area contributed by atoms with Gasteiger partial charge in [-0.05, 0) is 26.0 Å². The Morgan fingerprint density at radius 1 is 1.47 bits per heavy atom. The molecule has 0 aromatic carbocycles. The van der Waals surface area contributed by atoms with Crippen LogP contribution in [0.2, 0.25) is 0 Å². The fraction of sp³-hybridized carbons (Fsp3) is 0.385. The fourth-order valence-corrected chi connectivity index (χ4v) is 1.80. The van der Waals surface area contributed by atoms with Crippen LogP contribution < -0.4 is 0 Å². The summed E-state index contributed by atoms with van der Waals surface area (Å²) < 4.78 is 32.9. The molecule has 102 valence electrons. The number of aryl methyl sites for hydroxylation is 1. The number of esters is 1. The second-order valence-electron chi connectivity index (χ2n) is 4.35. The molecule has 0 saturated heterocycles. The molecule has 0 aliphatic carbocycles. The molecular formula is C13H14F2N2O2. The third-order valence-corrected chi connectivity index (χ3v) is 2.72. The highest BCUT2D eigenvalue weighted by atomic mass is 19.3. The van der Waals surface area contributed by atoms with Crippen molar-refractivity contribution in [2.75, 3.05) is 6.61 Å². The summed E-state index contributed by atoms with van der Waals surface area (Å²) in [4.78, 5) is 15.5. The average Bonchev–Trinajstić information content (AvgIpc) is 2.73. The molecule has 0 spiro atoms. The van der Waals surface area contributed by atoms with Crippen molar-refractivity contribution in [1.29, 1.82) is 0 Å². The number of carbonyl (C=O) groups is 1. The number of ether oxygens (including phenoxy) is 1. The Labute approximate surface area is 109 Å². The van der Waals surface area contributed by atoms with Gasteiger partial charge >= 0.3 is 5.97 Å². The van der Waals surface area contributed by atoms with Crippen LogP contribution >= 0.6 is 0 Å². The minimum Gasteiger partial charge on any atom is -0.462 e. The fourth-order valence-electron chi connectivity index (χ4n) is 1.80. The predicted octanol–water partition coefficient (Wildman–Crippen LogP) is 2.93. The lowest BCUT2D eigenvalue weighted by Gasteiger charge is -2.04. The standard InChI is InChI=1S/C13H14F2N2O2/c1-4-19-12(18)9-5-8(2)17-7-10(13(3,14)15)16-11(17)6-9/h5-7H,4H2,1-3H3. The van der Waals surface area contributed by atoms with Crippen molar-refractivity contribution in [3.05, 3.63) is 35.3 Å². The maximum Gasteiger partial charge on any atom is 0.338 e. The Morgan fingerprint density at radius 2 is 2.16 bits per heavy atom. The number of carbonyl (C=O) groups excluding carboxylic acids is 1. The zero-order valence-corrected chi connectivity index (χ0v) is 10.9. The van der Waals surface area contributed by atoms with Gasteiger partial charge in [-0.3, -0.25) is 0 Å². The van der Waals surface area contributed by atoms with E-state index in [0.717, 1.165) is 6.92 Å². The normalized spacial score (nSPS) is 11.8. The molecule has 0 aliphatic heterocycles. The maximum atomic E-state index is 13.2. The van der Waals surface area contributed by atoms with Crippen molar-refractivity contribution in [1.82, 2.24) is 9.38 Å². The molecule has 0 bridgehead atoms. The first-order valence-corrected chi connectivity index (χ1v) is 5.88. The Morgan fingerprint density at radius 3 is 2.74 bits per heavy atom. The molecule has 2 aromatic rings. The number of imidazole rings is 1. The van der Waals surface area contributed by atoms with Crippen molar-refractivity contribution >= 4 is 11.6 Å². The van der Waals surface area contributed by atoms with Crippen molar-refractivity contribution < 1.29 is 18.3 Å². The van der Waals surface area contributed by atoms with Crippen molar-refractivity contribution in [3.8, 4) is 0 Å². The Kier molecular flexibility index (Phi) is 3.26. The quantitative estimate of drug-likeness (QED) is 0.804. The van der Waals surface area contributed by atoms with E-state index in [0.29, 0.717) is 16.9 Å². The molecule has 0 atom stereocenters. The SMILES string of the molecule is CCOC(=O)c1cc(C)n2cc(C(C)(F)F)nc2c1. The van der Waals surface area contributed by atoms with Crippen molar-refractivity contribution in [2.45, 2.75) is 26.7 Å². The summed E-state index contributed by atoms with van der Waals surface area (Å²) in [6.07, 6.45) is 1.28. The number of aromatic nitrogens is 2. The lowest BCUT2D eigenvalue weighted by atomic mass is 10.2. The van der Waals surface area contributed by atoms with Crippen LogP contribution in [0, 0.1) is 6.92 Å². The summed E-state index contributed by atoms with van der Waals surface area (Å²) in [5, 5.41) is 0. The third-order valence-electron chi connectivity index (χ3n) is 2.72. The summed E-state index contributed by atoms with van der Waals surface area (Å²) in [5.41, 5.74) is 0.933. The molecule has 0 aliphatic rings. The van der Waals surface area contributed by atoms with Crippen LogP contribution in [-0.2, 0) is 10.7 Å². The summed E-state index contributed by atoms with van der Waals surface area (Å²) in [6.45, 7) is 4.47. The number of fused-ring (bicyclic) bond motifs is 1. The van der Waals surface area contributed by atoms with E-state index in [1.165, 1.54) is 16.7 Å². The topological polar surface area (TPSA) is 43.6 Å². The van der Waals surface area contributed by atoms with Gasteiger partial charge in [-0.25, -0.2) is 9.78 Å². The van der Waals surface area contributed by atoms with Crippen molar-refractivity contribution in [2.24, 2.45) is 0 Å². The number of hydrogen-bond acceptors (Lipinski definition) is 3. The van der Waals surface area contributed by atoms with Crippen LogP contribution in [0.1, 0.15) is 35.6 Å². The molecule has 2 rings (SSSR count). The minimum atomic E-state index is -3.01. The summed E-state index contributed by atoms with van der Waals surface area (Å²) in [5.74, 6) is -3.50. The molecular weight excluding hydrogens is 254 g/mol. The number of alkyl halides is 2. The van der Waals surface area contributed by atoms with E-state index in [9.17, 15) is 13.6 Å². The highest BCUT2D eigenvalue weighted by Crippen LogP contribution is 2.27. The van der Waals surface area contributed by atoms with Gasteiger partial charge in [0.05, 0.1) is 12.2 Å². The molecule has 19 heavy (non-hydrogen) atoms. The van der Waals surface area contributed by atoms with Crippen LogP contribution in [0.4, 0.5) is 8.78 Å². The highest BCUT2D eigenvalue weighted by Gasteiger charge is 2.28. The smallest absolute Gasteiger partial charge is 0.338 e. The molecule has 0 radical (unpaired) electrons. The lowest BCUT2D eigenvalue weighted by molar-refractivity contribution is 0.0133. The number of nitrogens with zero attached hydrogens (tertiary/aromatic N) is 2. The van der Waals surface area contributed by atoms with Gasteiger partial charge in [-0.1, -0.05) is 0 Å². The van der Waals surface area contributed by atoms with Gasteiger partial charge in [0.15, 0.2) is 0 Å². The molecule has 6 heteroatoms. The molecule has 4 nitrogen and oxygen atoms in total. The van der Waals surface area contributed by atoms with E-state index in [1.54, 1.807) is 19.9 Å². The highest BCUT2D eigenvalue weighted by molar-refractivity contribution is 5.90. The van der Waals surface area contributed by atoms with E-state index in [-0.39, 0.29) is 12.3 Å². The lowest BCUT2D eigenvalue weighted by Crippen LogP contribution is -2.06. The van der Waals surface area contributed by atoms with Crippen molar-refractivity contribution in [3.63, 3.8) is 0 Å². The molecule has 0 saturated carbocycles. The van der Waals surface area contributed by atoms with Gasteiger partial charge in [0, 0.05) is 18.8 Å². The third kappa shape index (κ3) is 2.57. The van der Waals surface area contributed by atoms with E-state index >= 15 is 0 Å². The zero-order chi connectivity index (χ0) is 14.2. The second kappa shape index (κ2) is 4.60. The Balaban J connectivity index is 2.54. The van der Waals surface area contributed by atoms with Gasteiger partial charge in [-0.15, -0.1) is 0 Å². The number of halogens is 2. The number of hydrogen-bond donors (Lipinski definition) is 0. The Bertz CT molecular complexity index is 629. The van der Waals surface area contributed by atoms with Gasteiger partial charge in [0.25, 0.3) is 5.92 Å². The molecule has 2 aromatic heterocycles. The predicted molar refractivity (Wildman–Crippen MR) is 65.5 cm³/mol. The van der Waals surface area contributed by atoms with E-state index < -0.39 is 11.9 Å². The molecule has 0 amide bonds. The monoisotopic (exact) mass is 268 g/mol.